The molecule has 2 heteroatoms. The molecule has 3 aliphatic carbocycles. The second-order valence-electron chi connectivity index (χ2n) is 10.9. The van der Waals surface area contributed by atoms with Crippen LogP contribution in [0.3, 0.4) is 0 Å². The van der Waals surface area contributed by atoms with Gasteiger partial charge < -0.3 is 0 Å². The van der Waals surface area contributed by atoms with E-state index >= 15 is 0 Å². The molecule has 0 aliphatic heterocycles. The first-order chi connectivity index (χ1) is 15.6. The first-order valence-electron chi connectivity index (χ1n) is 13.3. The fourth-order valence-corrected chi connectivity index (χ4v) is 7.26. The number of benzene rings is 1. The molecule has 3 aliphatic rings. The van der Waals surface area contributed by atoms with E-state index in [2.05, 4.69) is 19.1 Å². The Morgan fingerprint density at radius 3 is 2.12 bits per heavy atom. The van der Waals surface area contributed by atoms with Crippen molar-refractivity contribution in [1.29, 1.82) is 0 Å². The summed E-state index contributed by atoms with van der Waals surface area (Å²) < 4.78 is 29.5. The van der Waals surface area contributed by atoms with E-state index in [4.69, 9.17) is 0 Å². The number of hydrogen-bond donors (Lipinski definition) is 0. The van der Waals surface area contributed by atoms with Crippen LogP contribution in [0.4, 0.5) is 8.78 Å². The molecule has 0 nitrogen and oxygen atoms in total. The summed E-state index contributed by atoms with van der Waals surface area (Å²) in [7, 11) is 0. The van der Waals surface area contributed by atoms with E-state index < -0.39 is 11.6 Å². The van der Waals surface area contributed by atoms with Crippen molar-refractivity contribution in [2.75, 3.05) is 0 Å². The van der Waals surface area contributed by atoms with Gasteiger partial charge in [-0.1, -0.05) is 36.4 Å². The topological polar surface area (TPSA) is 0 Å². The van der Waals surface area contributed by atoms with Gasteiger partial charge in [0.2, 0.25) is 0 Å². The van der Waals surface area contributed by atoms with Crippen LogP contribution >= 0.6 is 0 Å². The molecule has 3 saturated carbocycles. The average molecular weight is 441 g/mol. The molecule has 1 aromatic rings. The van der Waals surface area contributed by atoms with Crippen molar-refractivity contribution in [3.05, 3.63) is 59.2 Å². The minimum atomic E-state index is -0.610. The summed E-state index contributed by atoms with van der Waals surface area (Å²) in [5, 5.41) is 0. The third kappa shape index (κ3) is 5.37. The normalized spacial score (nSPS) is 33.6. The van der Waals surface area contributed by atoms with Gasteiger partial charge in [0.05, 0.1) is 0 Å². The van der Waals surface area contributed by atoms with E-state index in [0.717, 1.165) is 48.9 Å². The van der Waals surface area contributed by atoms with Crippen molar-refractivity contribution in [3.8, 4) is 0 Å². The summed E-state index contributed by atoms with van der Waals surface area (Å²) >= 11 is 0. The molecule has 0 spiro atoms. The van der Waals surface area contributed by atoms with Gasteiger partial charge in [0.15, 0.2) is 11.6 Å². The van der Waals surface area contributed by atoms with E-state index in [-0.39, 0.29) is 5.92 Å². The minimum Gasteiger partial charge on any atom is -0.203 e. The third-order valence-corrected chi connectivity index (χ3v) is 9.05. The van der Waals surface area contributed by atoms with Crippen LogP contribution in [0.25, 0.3) is 0 Å². The van der Waals surface area contributed by atoms with E-state index in [1.54, 1.807) is 0 Å². The standard InChI is InChI=1S/C30H42F2/c1-3-5-6-8-24-17-18-28(30(32)29(24)31)23-13-11-22(12-14-23)26-16-15-25-19-21(7-4-2)9-10-27(25)20-26/h3-5,7,17-18,21-23,25-27H,6,8-16,19-20H2,1-2H3/b5-3+,7-4+. The second-order valence-corrected chi connectivity index (χ2v) is 10.9. The van der Waals surface area contributed by atoms with Gasteiger partial charge in [-0.25, -0.2) is 8.78 Å². The fraction of sp³-hybridized carbons (Fsp3) is 0.667. The van der Waals surface area contributed by atoms with Crippen LogP contribution in [0, 0.1) is 41.2 Å². The van der Waals surface area contributed by atoms with Gasteiger partial charge >= 0.3 is 0 Å². The Labute approximate surface area is 194 Å². The molecule has 0 N–H and O–H groups in total. The summed E-state index contributed by atoms with van der Waals surface area (Å²) in [6.45, 7) is 4.11. The Kier molecular flexibility index (Phi) is 8.24. The molecular formula is C30H42F2. The molecule has 0 saturated heterocycles. The van der Waals surface area contributed by atoms with Gasteiger partial charge in [-0.3, -0.25) is 0 Å². The molecule has 0 bridgehead atoms. The monoisotopic (exact) mass is 440 g/mol. The molecule has 0 amide bonds. The van der Waals surface area contributed by atoms with Crippen molar-refractivity contribution in [2.45, 2.75) is 96.8 Å². The second kappa shape index (κ2) is 11.1. The smallest absolute Gasteiger partial charge is 0.162 e. The van der Waals surface area contributed by atoms with Crippen LogP contribution in [0.15, 0.2) is 36.4 Å². The summed E-state index contributed by atoms with van der Waals surface area (Å²) in [6, 6.07) is 3.71. The molecule has 0 heterocycles. The maximum Gasteiger partial charge on any atom is 0.162 e. The van der Waals surface area contributed by atoms with Crippen LogP contribution < -0.4 is 0 Å². The quantitative estimate of drug-likeness (QED) is 0.387. The maximum atomic E-state index is 14.9. The zero-order valence-electron chi connectivity index (χ0n) is 20.2. The van der Waals surface area contributed by atoms with Crippen LogP contribution in [-0.4, -0.2) is 0 Å². The predicted molar refractivity (Wildman–Crippen MR) is 131 cm³/mol. The number of aryl methyl sites for hydroxylation is 1. The highest BCUT2D eigenvalue weighted by molar-refractivity contribution is 5.29. The lowest BCUT2D eigenvalue weighted by molar-refractivity contribution is 0.0717. The molecule has 4 atom stereocenters. The predicted octanol–water partition coefficient (Wildman–Crippen LogP) is 9.16. The first kappa shape index (κ1) is 23.7. The highest BCUT2D eigenvalue weighted by Crippen LogP contribution is 2.50. The Balaban J connectivity index is 1.31. The number of rotatable bonds is 6. The molecule has 3 fully saturated rings. The van der Waals surface area contributed by atoms with Gasteiger partial charge in [0, 0.05) is 0 Å². The summed E-state index contributed by atoms with van der Waals surface area (Å²) in [5.74, 6) is 3.37. The van der Waals surface area contributed by atoms with E-state index in [9.17, 15) is 8.78 Å². The van der Waals surface area contributed by atoms with E-state index in [0.29, 0.717) is 17.5 Å². The molecule has 32 heavy (non-hydrogen) atoms. The van der Waals surface area contributed by atoms with E-state index in [1.807, 2.05) is 31.2 Å². The Morgan fingerprint density at radius 2 is 1.41 bits per heavy atom. The summed E-state index contributed by atoms with van der Waals surface area (Å²) in [6.07, 6.45) is 22.8. The van der Waals surface area contributed by atoms with Gasteiger partial charge in [0.25, 0.3) is 0 Å². The van der Waals surface area contributed by atoms with Gasteiger partial charge in [0.1, 0.15) is 0 Å². The zero-order valence-corrected chi connectivity index (χ0v) is 20.2. The molecule has 176 valence electrons. The lowest BCUT2D eigenvalue weighted by Gasteiger charge is -2.45. The molecular weight excluding hydrogens is 398 g/mol. The number of hydrogen-bond acceptors (Lipinski definition) is 0. The highest BCUT2D eigenvalue weighted by atomic mass is 19.2. The summed E-state index contributed by atoms with van der Waals surface area (Å²) in [4.78, 5) is 0. The number of halogens is 2. The zero-order chi connectivity index (χ0) is 22.5. The highest BCUT2D eigenvalue weighted by Gasteiger charge is 2.38. The summed E-state index contributed by atoms with van der Waals surface area (Å²) in [5.41, 5.74) is 1.14. The van der Waals surface area contributed by atoms with Crippen LogP contribution in [0.5, 0.6) is 0 Å². The first-order valence-corrected chi connectivity index (χ1v) is 13.3. The maximum absolute atomic E-state index is 14.9. The number of fused-ring (bicyclic) bond motifs is 1. The van der Waals surface area contributed by atoms with Crippen molar-refractivity contribution in [3.63, 3.8) is 0 Å². The van der Waals surface area contributed by atoms with Gasteiger partial charge in [-0.2, -0.15) is 0 Å². The average Bonchev–Trinajstić information content (AvgIpc) is 2.82. The largest absolute Gasteiger partial charge is 0.203 e. The lowest BCUT2D eigenvalue weighted by Crippen LogP contribution is -2.34. The number of allylic oxidation sites excluding steroid dienone is 4. The van der Waals surface area contributed by atoms with Crippen molar-refractivity contribution >= 4 is 0 Å². The third-order valence-electron chi connectivity index (χ3n) is 9.05. The Bertz CT molecular complexity index is 799. The van der Waals surface area contributed by atoms with Crippen molar-refractivity contribution < 1.29 is 8.78 Å². The van der Waals surface area contributed by atoms with Gasteiger partial charge in [-0.05, 0) is 138 Å². The van der Waals surface area contributed by atoms with Gasteiger partial charge in [-0.15, -0.1) is 0 Å². The Morgan fingerprint density at radius 1 is 0.750 bits per heavy atom. The SMILES string of the molecule is C/C=C/CCc1ccc(C2CCC(C3CCC4CC(/C=C/C)CCC4C3)CC2)c(F)c1F. The van der Waals surface area contributed by atoms with Crippen LogP contribution in [0.1, 0.15) is 102 Å². The van der Waals surface area contributed by atoms with Crippen molar-refractivity contribution in [1.82, 2.24) is 0 Å². The molecule has 4 unspecified atom stereocenters. The van der Waals surface area contributed by atoms with E-state index in [1.165, 1.54) is 51.4 Å². The molecule has 0 radical (unpaired) electrons. The molecule has 0 aromatic heterocycles. The van der Waals surface area contributed by atoms with Crippen molar-refractivity contribution in [2.24, 2.45) is 29.6 Å². The minimum absolute atomic E-state index is 0.193. The molecule has 1 aromatic carbocycles. The van der Waals surface area contributed by atoms with Crippen LogP contribution in [-0.2, 0) is 6.42 Å². The lowest BCUT2D eigenvalue weighted by atomic mass is 9.61. The molecule has 4 rings (SSSR count). The Hall–Kier alpha value is -1.44. The fourth-order valence-electron chi connectivity index (χ4n) is 7.26. The van der Waals surface area contributed by atoms with Crippen LogP contribution in [0.2, 0.25) is 0 Å².